The van der Waals surface area contributed by atoms with Gasteiger partial charge in [-0.2, -0.15) is 0 Å². The molecule has 0 spiro atoms. The van der Waals surface area contributed by atoms with E-state index in [1.807, 2.05) is 4.72 Å². The topological polar surface area (TPSA) is 69.7 Å². The van der Waals surface area contributed by atoms with Crippen molar-refractivity contribution in [3.05, 3.63) is 58.6 Å². The number of piperazine rings is 1. The summed E-state index contributed by atoms with van der Waals surface area (Å²) in [6, 6.07) is 7.13. The zero-order valence-corrected chi connectivity index (χ0v) is 18.7. The number of fused-ring (bicyclic) bond motifs is 1. The van der Waals surface area contributed by atoms with Crippen molar-refractivity contribution in [3.63, 3.8) is 0 Å². The van der Waals surface area contributed by atoms with E-state index < -0.39 is 32.5 Å². The zero-order chi connectivity index (χ0) is 21.5. The highest BCUT2D eigenvalue weighted by atomic mass is 35.5. The molecule has 1 amide bonds. The Morgan fingerprint density at radius 3 is 2.58 bits per heavy atom. The number of benzene rings is 2. The molecule has 31 heavy (non-hydrogen) atoms. The van der Waals surface area contributed by atoms with Gasteiger partial charge in [0, 0.05) is 25.7 Å². The number of carbonyl (C=O) groups excluding carboxylic acids is 1. The Kier molecular flexibility index (Phi) is 7.10. The van der Waals surface area contributed by atoms with Gasteiger partial charge in [0.15, 0.2) is 0 Å². The first kappa shape index (κ1) is 23.7. The quantitative estimate of drug-likeness (QED) is 0.706. The highest BCUT2D eigenvalue weighted by molar-refractivity contribution is 7.92. The molecule has 1 N–H and O–H groups in total. The number of hydrogen-bond donors (Lipinski definition) is 1. The normalized spacial score (nSPS) is 18.9. The first-order valence-corrected chi connectivity index (χ1v) is 11.4. The lowest BCUT2D eigenvalue weighted by Gasteiger charge is -2.37. The molecule has 0 saturated carbocycles. The molecule has 0 bridgehead atoms. The Labute approximate surface area is 190 Å². The van der Waals surface area contributed by atoms with Gasteiger partial charge in [-0.1, -0.05) is 23.7 Å². The molecular formula is C20H21Cl2F2N3O3S. The molecule has 4 rings (SSSR count). The average molecular weight is 492 g/mol. The van der Waals surface area contributed by atoms with Crippen molar-refractivity contribution in [2.45, 2.75) is 23.8 Å². The van der Waals surface area contributed by atoms with Crippen LogP contribution in [0.15, 0.2) is 41.3 Å². The minimum Gasteiger partial charge on any atom is -0.336 e. The molecule has 2 aromatic carbocycles. The molecule has 0 radical (unpaired) electrons. The first-order valence-electron chi connectivity index (χ1n) is 9.56. The summed E-state index contributed by atoms with van der Waals surface area (Å²) >= 11 is 6.09. The van der Waals surface area contributed by atoms with Crippen LogP contribution in [0, 0.1) is 11.6 Å². The third kappa shape index (κ3) is 4.79. The van der Waals surface area contributed by atoms with E-state index in [0.717, 1.165) is 44.1 Å². The standard InChI is InChI=1S/C20H20ClF2N3O3S.ClH/c21-15-11-17(23)19(30(28,29)24-18-6-2-1-5-16(18)22)10-14(15)20(27)26-9-8-25-7-3-4-13(25)12-26;/h1-2,5-6,10-11,13,24H,3-4,7-9,12H2;1H. The largest absolute Gasteiger partial charge is 0.336 e. The van der Waals surface area contributed by atoms with Crippen molar-refractivity contribution in [2.24, 2.45) is 0 Å². The van der Waals surface area contributed by atoms with Crippen molar-refractivity contribution in [1.82, 2.24) is 9.80 Å². The van der Waals surface area contributed by atoms with Crippen molar-refractivity contribution >= 4 is 45.6 Å². The number of sulfonamides is 1. The lowest BCUT2D eigenvalue weighted by atomic mass is 10.1. The predicted molar refractivity (Wildman–Crippen MR) is 116 cm³/mol. The van der Waals surface area contributed by atoms with Crippen LogP contribution in [0.5, 0.6) is 0 Å². The number of carbonyl (C=O) groups is 1. The van der Waals surface area contributed by atoms with Gasteiger partial charge in [-0.05, 0) is 43.7 Å². The number of anilines is 1. The number of amides is 1. The molecule has 168 valence electrons. The fourth-order valence-electron chi connectivity index (χ4n) is 3.99. The number of para-hydroxylation sites is 1. The summed E-state index contributed by atoms with van der Waals surface area (Å²) in [5, 5.41) is -0.170. The summed E-state index contributed by atoms with van der Waals surface area (Å²) < 4.78 is 55.7. The molecule has 0 aromatic heterocycles. The van der Waals surface area contributed by atoms with Gasteiger partial charge in [0.2, 0.25) is 0 Å². The maximum Gasteiger partial charge on any atom is 0.264 e. The van der Waals surface area contributed by atoms with Crippen LogP contribution < -0.4 is 4.72 Å². The molecule has 0 aliphatic carbocycles. The van der Waals surface area contributed by atoms with Crippen molar-refractivity contribution in [1.29, 1.82) is 0 Å². The highest BCUT2D eigenvalue weighted by Gasteiger charge is 2.34. The van der Waals surface area contributed by atoms with E-state index in [-0.39, 0.29) is 34.7 Å². The van der Waals surface area contributed by atoms with Gasteiger partial charge >= 0.3 is 0 Å². The van der Waals surface area contributed by atoms with E-state index in [9.17, 15) is 22.0 Å². The van der Waals surface area contributed by atoms with Crippen molar-refractivity contribution < 1.29 is 22.0 Å². The smallest absolute Gasteiger partial charge is 0.264 e. The van der Waals surface area contributed by atoms with E-state index in [4.69, 9.17) is 11.6 Å². The predicted octanol–water partition coefficient (Wildman–Crippen LogP) is 3.76. The number of hydrogen-bond acceptors (Lipinski definition) is 4. The van der Waals surface area contributed by atoms with Gasteiger partial charge in [-0.25, -0.2) is 17.2 Å². The van der Waals surface area contributed by atoms with Gasteiger partial charge < -0.3 is 4.90 Å². The number of nitrogens with one attached hydrogen (secondary N) is 1. The Morgan fingerprint density at radius 2 is 1.84 bits per heavy atom. The molecule has 2 heterocycles. The Bertz CT molecular complexity index is 1100. The summed E-state index contributed by atoms with van der Waals surface area (Å²) in [5.41, 5.74) is -0.421. The van der Waals surface area contributed by atoms with E-state index >= 15 is 0 Å². The van der Waals surface area contributed by atoms with Crippen LogP contribution >= 0.6 is 24.0 Å². The minimum absolute atomic E-state index is 0. The van der Waals surface area contributed by atoms with Crippen LogP contribution in [-0.2, 0) is 10.0 Å². The molecule has 2 saturated heterocycles. The minimum atomic E-state index is -4.49. The number of nitrogens with zero attached hydrogens (tertiary/aromatic N) is 2. The Morgan fingerprint density at radius 1 is 1.10 bits per heavy atom. The monoisotopic (exact) mass is 491 g/mol. The number of rotatable bonds is 4. The Balaban J connectivity index is 0.00000272. The molecule has 1 unspecified atom stereocenters. The third-order valence-corrected chi connectivity index (χ3v) is 7.23. The highest BCUT2D eigenvalue weighted by Crippen LogP contribution is 2.29. The summed E-state index contributed by atoms with van der Waals surface area (Å²) in [5.74, 6) is -2.38. The lowest BCUT2D eigenvalue weighted by Crippen LogP contribution is -2.52. The second-order valence-electron chi connectivity index (χ2n) is 7.43. The molecule has 2 aliphatic heterocycles. The van der Waals surface area contributed by atoms with Gasteiger partial charge in [0.25, 0.3) is 15.9 Å². The van der Waals surface area contributed by atoms with E-state index in [1.165, 1.54) is 18.2 Å². The van der Waals surface area contributed by atoms with Gasteiger partial charge in [-0.15, -0.1) is 12.4 Å². The second kappa shape index (κ2) is 9.28. The molecule has 6 nitrogen and oxygen atoms in total. The first-order chi connectivity index (χ1) is 14.3. The summed E-state index contributed by atoms with van der Waals surface area (Å²) in [6.07, 6.45) is 2.07. The van der Waals surface area contributed by atoms with E-state index in [0.29, 0.717) is 13.1 Å². The van der Waals surface area contributed by atoms with Crippen LogP contribution in [0.25, 0.3) is 0 Å². The maximum atomic E-state index is 14.5. The van der Waals surface area contributed by atoms with E-state index in [1.54, 1.807) is 4.90 Å². The SMILES string of the molecule is Cl.O=C(c1cc(S(=O)(=O)Nc2ccccc2F)c(F)cc1Cl)N1CCN2CCCC2C1. The third-order valence-electron chi connectivity index (χ3n) is 5.53. The van der Waals surface area contributed by atoms with Crippen molar-refractivity contribution in [2.75, 3.05) is 30.9 Å². The molecule has 2 aromatic rings. The van der Waals surface area contributed by atoms with Crippen LogP contribution in [0.2, 0.25) is 5.02 Å². The lowest BCUT2D eigenvalue weighted by molar-refractivity contribution is 0.0571. The molecular weight excluding hydrogens is 471 g/mol. The average Bonchev–Trinajstić information content (AvgIpc) is 3.17. The maximum absolute atomic E-state index is 14.5. The zero-order valence-electron chi connectivity index (χ0n) is 16.4. The molecule has 2 fully saturated rings. The van der Waals surface area contributed by atoms with Crippen molar-refractivity contribution in [3.8, 4) is 0 Å². The van der Waals surface area contributed by atoms with E-state index in [2.05, 4.69) is 4.90 Å². The van der Waals surface area contributed by atoms with Crippen LogP contribution in [-0.4, -0.2) is 56.3 Å². The van der Waals surface area contributed by atoms with Crippen LogP contribution in [0.4, 0.5) is 14.5 Å². The van der Waals surface area contributed by atoms with Crippen LogP contribution in [0.3, 0.4) is 0 Å². The molecule has 2 aliphatic rings. The van der Waals surface area contributed by atoms with Crippen LogP contribution in [0.1, 0.15) is 23.2 Å². The molecule has 11 heteroatoms. The fourth-order valence-corrected chi connectivity index (χ4v) is 5.37. The Hall–Kier alpha value is -1.94. The fraction of sp³-hybridized carbons (Fsp3) is 0.350. The second-order valence-corrected chi connectivity index (χ2v) is 9.49. The summed E-state index contributed by atoms with van der Waals surface area (Å²) in [7, 11) is -4.49. The summed E-state index contributed by atoms with van der Waals surface area (Å²) in [4.78, 5) is 16.2. The van der Waals surface area contributed by atoms with Gasteiger partial charge in [0.05, 0.1) is 16.3 Å². The molecule has 1 atom stereocenters. The van der Waals surface area contributed by atoms with Gasteiger partial charge in [-0.3, -0.25) is 14.4 Å². The van der Waals surface area contributed by atoms with Gasteiger partial charge in [0.1, 0.15) is 16.5 Å². The summed E-state index contributed by atoms with van der Waals surface area (Å²) in [6.45, 7) is 2.74. The number of halogens is 4.